The molecule has 0 bridgehead atoms. The maximum Gasteiger partial charge on any atom is 0.244 e. The SMILES string of the molecule is CC1CN(c2n[nH]c(C(C)C3CC3)n2)CCN1. The molecule has 0 spiro atoms. The Morgan fingerprint density at radius 1 is 1.41 bits per heavy atom. The minimum atomic E-state index is 0.520. The number of aromatic nitrogens is 3. The molecule has 2 atom stereocenters. The topological polar surface area (TPSA) is 56.8 Å². The summed E-state index contributed by atoms with van der Waals surface area (Å²) in [6.45, 7) is 7.46. The van der Waals surface area contributed by atoms with Gasteiger partial charge in [-0.15, -0.1) is 5.10 Å². The summed E-state index contributed by atoms with van der Waals surface area (Å²) >= 11 is 0. The summed E-state index contributed by atoms with van der Waals surface area (Å²) in [7, 11) is 0. The molecular weight excluding hydrogens is 214 g/mol. The van der Waals surface area contributed by atoms with Crippen LogP contribution in [0.2, 0.25) is 0 Å². The van der Waals surface area contributed by atoms with Gasteiger partial charge in [-0.1, -0.05) is 6.92 Å². The van der Waals surface area contributed by atoms with E-state index in [0.717, 1.165) is 37.3 Å². The van der Waals surface area contributed by atoms with Crippen molar-refractivity contribution in [1.82, 2.24) is 20.5 Å². The van der Waals surface area contributed by atoms with E-state index < -0.39 is 0 Å². The Hall–Kier alpha value is -1.10. The lowest BCUT2D eigenvalue weighted by Gasteiger charge is -2.30. The quantitative estimate of drug-likeness (QED) is 0.824. The molecule has 0 aromatic carbocycles. The second kappa shape index (κ2) is 4.29. The van der Waals surface area contributed by atoms with Crippen molar-refractivity contribution in [1.29, 1.82) is 0 Å². The van der Waals surface area contributed by atoms with E-state index in [1.807, 2.05) is 0 Å². The number of rotatable bonds is 3. The first-order chi connectivity index (χ1) is 8.24. The summed E-state index contributed by atoms with van der Waals surface area (Å²) < 4.78 is 0. The highest BCUT2D eigenvalue weighted by Crippen LogP contribution is 2.41. The highest BCUT2D eigenvalue weighted by Gasteiger charge is 2.31. The molecule has 1 saturated heterocycles. The minimum Gasteiger partial charge on any atom is -0.337 e. The monoisotopic (exact) mass is 235 g/mol. The zero-order chi connectivity index (χ0) is 11.8. The average Bonchev–Trinajstić information content (AvgIpc) is 3.05. The van der Waals surface area contributed by atoms with Crippen molar-refractivity contribution in [2.24, 2.45) is 5.92 Å². The van der Waals surface area contributed by atoms with Crippen LogP contribution >= 0.6 is 0 Å². The Kier molecular flexibility index (Phi) is 2.78. The number of hydrogen-bond acceptors (Lipinski definition) is 4. The van der Waals surface area contributed by atoms with Gasteiger partial charge in [0.2, 0.25) is 5.95 Å². The van der Waals surface area contributed by atoms with Crippen LogP contribution in [0.3, 0.4) is 0 Å². The summed E-state index contributed by atoms with van der Waals surface area (Å²) in [4.78, 5) is 6.93. The molecule has 5 nitrogen and oxygen atoms in total. The smallest absolute Gasteiger partial charge is 0.244 e. The zero-order valence-corrected chi connectivity index (χ0v) is 10.6. The number of piperazine rings is 1. The highest BCUT2D eigenvalue weighted by atomic mass is 15.4. The zero-order valence-electron chi connectivity index (χ0n) is 10.6. The van der Waals surface area contributed by atoms with E-state index in [1.54, 1.807) is 0 Å². The van der Waals surface area contributed by atoms with Crippen molar-refractivity contribution >= 4 is 5.95 Å². The molecule has 1 aliphatic heterocycles. The van der Waals surface area contributed by atoms with Crippen LogP contribution in [-0.2, 0) is 0 Å². The first-order valence-electron chi connectivity index (χ1n) is 6.64. The third-order valence-corrected chi connectivity index (χ3v) is 3.90. The second-order valence-corrected chi connectivity index (χ2v) is 5.45. The lowest BCUT2D eigenvalue weighted by Crippen LogP contribution is -2.49. The van der Waals surface area contributed by atoms with Gasteiger partial charge >= 0.3 is 0 Å². The van der Waals surface area contributed by atoms with Gasteiger partial charge < -0.3 is 10.2 Å². The maximum atomic E-state index is 4.66. The van der Waals surface area contributed by atoms with E-state index in [0.29, 0.717) is 12.0 Å². The number of aromatic amines is 1. The van der Waals surface area contributed by atoms with Crippen molar-refractivity contribution < 1.29 is 0 Å². The fourth-order valence-electron chi connectivity index (χ4n) is 2.54. The Morgan fingerprint density at radius 2 is 2.24 bits per heavy atom. The van der Waals surface area contributed by atoms with Gasteiger partial charge in [-0.2, -0.15) is 4.98 Å². The predicted octanol–water partition coefficient (Wildman–Crippen LogP) is 1.12. The molecule has 2 heterocycles. The van der Waals surface area contributed by atoms with Gasteiger partial charge in [-0.25, -0.2) is 0 Å². The number of H-pyrrole nitrogens is 1. The molecule has 17 heavy (non-hydrogen) atoms. The van der Waals surface area contributed by atoms with Crippen molar-refractivity contribution in [3.05, 3.63) is 5.82 Å². The molecule has 0 radical (unpaired) electrons. The van der Waals surface area contributed by atoms with E-state index in [1.165, 1.54) is 12.8 Å². The Balaban J connectivity index is 1.70. The van der Waals surface area contributed by atoms with Gasteiger partial charge in [0.1, 0.15) is 5.82 Å². The Labute approximate surface area is 102 Å². The summed E-state index contributed by atoms with van der Waals surface area (Å²) in [5, 5.41) is 10.9. The van der Waals surface area contributed by atoms with Gasteiger partial charge in [-0.05, 0) is 25.7 Å². The van der Waals surface area contributed by atoms with E-state index in [4.69, 9.17) is 0 Å². The Morgan fingerprint density at radius 3 is 2.94 bits per heavy atom. The van der Waals surface area contributed by atoms with Crippen LogP contribution in [0.25, 0.3) is 0 Å². The molecule has 2 fully saturated rings. The van der Waals surface area contributed by atoms with E-state index in [2.05, 4.69) is 39.2 Å². The summed E-state index contributed by atoms with van der Waals surface area (Å²) in [5.41, 5.74) is 0. The van der Waals surface area contributed by atoms with Crippen LogP contribution < -0.4 is 10.2 Å². The van der Waals surface area contributed by atoms with Crippen molar-refractivity contribution in [3.63, 3.8) is 0 Å². The van der Waals surface area contributed by atoms with Crippen LogP contribution in [0.1, 0.15) is 38.4 Å². The number of nitrogens with zero attached hydrogens (tertiary/aromatic N) is 3. The molecule has 0 amide bonds. The van der Waals surface area contributed by atoms with Crippen LogP contribution in [0.4, 0.5) is 5.95 Å². The van der Waals surface area contributed by atoms with E-state index >= 15 is 0 Å². The number of anilines is 1. The number of hydrogen-bond donors (Lipinski definition) is 2. The summed E-state index contributed by atoms with van der Waals surface area (Å²) in [5.74, 6) is 3.31. The molecule has 5 heteroatoms. The molecule has 2 aliphatic rings. The molecule has 3 rings (SSSR count). The van der Waals surface area contributed by atoms with E-state index in [-0.39, 0.29) is 0 Å². The fourth-order valence-corrected chi connectivity index (χ4v) is 2.54. The van der Waals surface area contributed by atoms with Crippen molar-refractivity contribution in [2.75, 3.05) is 24.5 Å². The van der Waals surface area contributed by atoms with Crippen LogP contribution in [0.15, 0.2) is 0 Å². The van der Waals surface area contributed by atoms with Crippen molar-refractivity contribution in [2.45, 2.75) is 38.6 Å². The molecule has 1 aromatic heterocycles. The van der Waals surface area contributed by atoms with Crippen LogP contribution in [-0.4, -0.2) is 40.9 Å². The van der Waals surface area contributed by atoms with Crippen LogP contribution in [0.5, 0.6) is 0 Å². The molecule has 1 saturated carbocycles. The predicted molar refractivity (Wildman–Crippen MR) is 67.2 cm³/mol. The third-order valence-electron chi connectivity index (χ3n) is 3.90. The standard InChI is InChI=1S/C12H21N5/c1-8-7-17(6-5-13-8)12-14-11(15-16-12)9(2)10-3-4-10/h8-10,13H,3-7H2,1-2H3,(H,14,15,16). The first kappa shape index (κ1) is 11.0. The average molecular weight is 235 g/mol. The Bertz CT molecular complexity index is 384. The van der Waals surface area contributed by atoms with Gasteiger partial charge in [0.25, 0.3) is 0 Å². The molecule has 1 aliphatic carbocycles. The largest absolute Gasteiger partial charge is 0.337 e. The summed E-state index contributed by atoms with van der Waals surface area (Å²) in [6.07, 6.45) is 2.70. The highest BCUT2D eigenvalue weighted by molar-refractivity contribution is 5.30. The normalized spacial score (nSPS) is 27.2. The molecule has 2 N–H and O–H groups in total. The van der Waals surface area contributed by atoms with Gasteiger partial charge in [-0.3, -0.25) is 5.10 Å². The van der Waals surface area contributed by atoms with Crippen molar-refractivity contribution in [3.8, 4) is 0 Å². The maximum absolute atomic E-state index is 4.66. The summed E-state index contributed by atoms with van der Waals surface area (Å²) in [6, 6.07) is 0.520. The van der Waals surface area contributed by atoms with Gasteiger partial charge in [0.15, 0.2) is 0 Å². The van der Waals surface area contributed by atoms with Gasteiger partial charge in [0, 0.05) is 31.6 Å². The lowest BCUT2D eigenvalue weighted by molar-refractivity contribution is 0.479. The first-order valence-corrected chi connectivity index (χ1v) is 6.64. The lowest BCUT2D eigenvalue weighted by atomic mass is 10.1. The number of nitrogens with one attached hydrogen (secondary N) is 2. The molecule has 2 unspecified atom stereocenters. The van der Waals surface area contributed by atoms with Gasteiger partial charge in [0.05, 0.1) is 0 Å². The third kappa shape index (κ3) is 2.29. The fraction of sp³-hybridized carbons (Fsp3) is 0.833. The molecule has 94 valence electrons. The molecule has 1 aromatic rings. The second-order valence-electron chi connectivity index (χ2n) is 5.45. The molecular formula is C12H21N5. The minimum absolute atomic E-state index is 0.520. The van der Waals surface area contributed by atoms with Crippen LogP contribution in [0, 0.1) is 5.92 Å². The van der Waals surface area contributed by atoms with E-state index in [9.17, 15) is 0 Å².